The lowest BCUT2D eigenvalue weighted by molar-refractivity contribution is -0.140. The summed E-state index contributed by atoms with van der Waals surface area (Å²) in [6.45, 7) is 9.44. The number of ether oxygens (including phenoxy) is 1. The normalized spacial score (nSPS) is 21.2. The fourth-order valence-electron chi connectivity index (χ4n) is 5.17. The standard InChI is InChI=1S/C23H36N6O3/c1-4-20(28-11-13-32-14-12-28)23(31)29-10-7-18-19(15-29)25-21(26-22(18)24-3)17-5-8-27(9-6-17)16(2)30/h17,20H,4-15H2,1-3H3,(H,24,25,26)/t20-/m0/s1. The van der Waals surface area contributed by atoms with Crippen molar-refractivity contribution in [3.8, 4) is 0 Å². The van der Waals surface area contributed by atoms with E-state index in [2.05, 4.69) is 17.1 Å². The zero-order chi connectivity index (χ0) is 22.7. The summed E-state index contributed by atoms with van der Waals surface area (Å²) >= 11 is 0. The molecule has 0 unspecified atom stereocenters. The van der Waals surface area contributed by atoms with Crippen molar-refractivity contribution in [2.75, 3.05) is 58.3 Å². The number of amides is 2. The highest BCUT2D eigenvalue weighted by atomic mass is 16.5. The van der Waals surface area contributed by atoms with Crippen molar-refractivity contribution < 1.29 is 14.3 Å². The first-order chi connectivity index (χ1) is 15.5. The van der Waals surface area contributed by atoms with Crippen molar-refractivity contribution in [2.24, 2.45) is 0 Å². The summed E-state index contributed by atoms with van der Waals surface area (Å²) < 4.78 is 5.47. The van der Waals surface area contributed by atoms with Crippen LogP contribution < -0.4 is 5.32 Å². The molecule has 1 aromatic rings. The molecule has 0 radical (unpaired) electrons. The van der Waals surface area contributed by atoms with Gasteiger partial charge in [0.1, 0.15) is 11.6 Å². The van der Waals surface area contributed by atoms with E-state index in [9.17, 15) is 9.59 Å². The smallest absolute Gasteiger partial charge is 0.240 e. The Kier molecular flexibility index (Phi) is 7.25. The van der Waals surface area contributed by atoms with Crippen LogP contribution in [0.5, 0.6) is 0 Å². The Balaban J connectivity index is 1.51. The molecule has 1 atom stereocenters. The minimum atomic E-state index is -0.0959. The lowest BCUT2D eigenvalue weighted by atomic mass is 9.95. The van der Waals surface area contributed by atoms with Crippen LogP contribution in [0.1, 0.15) is 56.1 Å². The number of carbonyl (C=O) groups excluding carboxylic acids is 2. The SMILES string of the molecule is CC[C@@H](C(=O)N1CCc2c(nc(C3CCN(C(C)=O)CC3)nc2NC)C1)N1CCOCC1. The lowest BCUT2D eigenvalue weighted by Crippen LogP contribution is -2.53. The van der Waals surface area contributed by atoms with Gasteiger partial charge in [-0.25, -0.2) is 9.97 Å². The quantitative estimate of drug-likeness (QED) is 0.731. The maximum absolute atomic E-state index is 13.4. The van der Waals surface area contributed by atoms with Crippen LogP contribution in [0.3, 0.4) is 0 Å². The summed E-state index contributed by atoms with van der Waals surface area (Å²) in [7, 11) is 1.90. The molecule has 4 heterocycles. The predicted molar refractivity (Wildman–Crippen MR) is 121 cm³/mol. The predicted octanol–water partition coefficient (Wildman–Crippen LogP) is 1.24. The third-order valence-corrected chi connectivity index (χ3v) is 7.09. The monoisotopic (exact) mass is 444 g/mol. The number of hydrogen-bond donors (Lipinski definition) is 1. The molecule has 2 saturated heterocycles. The van der Waals surface area contributed by atoms with E-state index >= 15 is 0 Å². The number of rotatable bonds is 5. The van der Waals surface area contributed by atoms with Gasteiger partial charge in [0, 0.05) is 58.2 Å². The first kappa shape index (κ1) is 22.9. The molecule has 176 valence electrons. The summed E-state index contributed by atoms with van der Waals surface area (Å²) in [5.74, 6) is 2.29. The molecule has 32 heavy (non-hydrogen) atoms. The molecule has 0 spiro atoms. The molecular formula is C23H36N6O3. The fourth-order valence-corrected chi connectivity index (χ4v) is 5.17. The van der Waals surface area contributed by atoms with Gasteiger partial charge in [-0.3, -0.25) is 14.5 Å². The van der Waals surface area contributed by atoms with E-state index in [1.807, 2.05) is 16.8 Å². The molecule has 4 rings (SSSR count). The van der Waals surface area contributed by atoms with Gasteiger partial charge < -0.3 is 19.9 Å². The Morgan fingerprint density at radius 1 is 1.09 bits per heavy atom. The number of likely N-dealkylation sites (tertiary alicyclic amines) is 1. The maximum atomic E-state index is 13.4. The second kappa shape index (κ2) is 10.1. The molecule has 2 amide bonds. The van der Waals surface area contributed by atoms with E-state index < -0.39 is 0 Å². The highest BCUT2D eigenvalue weighted by Crippen LogP contribution is 2.31. The van der Waals surface area contributed by atoms with Crippen molar-refractivity contribution in [1.82, 2.24) is 24.7 Å². The van der Waals surface area contributed by atoms with E-state index in [0.29, 0.717) is 26.3 Å². The van der Waals surface area contributed by atoms with E-state index in [-0.39, 0.29) is 23.8 Å². The molecule has 9 heteroatoms. The van der Waals surface area contributed by atoms with Gasteiger partial charge in [-0.05, 0) is 25.7 Å². The van der Waals surface area contributed by atoms with Crippen molar-refractivity contribution >= 4 is 17.6 Å². The molecule has 0 bridgehead atoms. The molecule has 2 fully saturated rings. The van der Waals surface area contributed by atoms with Crippen LogP contribution in [-0.4, -0.2) is 95.5 Å². The van der Waals surface area contributed by atoms with Gasteiger partial charge in [-0.15, -0.1) is 0 Å². The number of aromatic nitrogens is 2. The van der Waals surface area contributed by atoms with Gasteiger partial charge in [0.2, 0.25) is 11.8 Å². The minimum Gasteiger partial charge on any atom is -0.379 e. The Morgan fingerprint density at radius 3 is 2.44 bits per heavy atom. The maximum Gasteiger partial charge on any atom is 0.240 e. The number of piperidine rings is 1. The van der Waals surface area contributed by atoms with Crippen LogP contribution in [0.25, 0.3) is 0 Å². The molecule has 9 nitrogen and oxygen atoms in total. The third-order valence-electron chi connectivity index (χ3n) is 7.09. The second-order valence-corrected chi connectivity index (χ2v) is 8.97. The molecule has 0 aliphatic carbocycles. The van der Waals surface area contributed by atoms with Gasteiger partial charge in [-0.1, -0.05) is 6.92 Å². The number of carbonyl (C=O) groups is 2. The first-order valence-corrected chi connectivity index (χ1v) is 11.9. The summed E-state index contributed by atoms with van der Waals surface area (Å²) in [5, 5.41) is 3.25. The summed E-state index contributed by atoms with van der Waals surface area (Å²) in [6.07, 6.45) is 3.31. The van der Waals surface area contributed by atoms with Crippen molar-refractivity contribution in [3.05, 3.63) is 17.1 Å². The van der Waals surface area contributed by atoms with E-state index in [0.717, 1.165) is 74.8 Å². The molecule has 0 aromatic carbocycles. The second-order valence-electron chi connectivity index (χ2n) is 8.97. The molecule has 0 saturated carbocycles. The number of morpholine rings is 1. The fraction of sp³-hybridized carbons (Fsp3) is 0.739. The number of nitrogens with zero attached hydrogens (tertiary/aromatic N) is 5. The number of hydrogen-bond acceptors (Lipinski definition) is 7. The third kappa shape index (κ3) is 4.73. The van der Waals surface area contributed by atoms with E-state index in [1.54, 1.807) is 6.92 Å². The highest BCUT2D eigenvalue weighted by molar-refractivity contribution is 5.82. The van der Waals surface area contributed by atoms with Gasteiger partial charge in [0.05, 0.1) is 31.5 Å². The van der Waals surface area contributed by atoms with E-state index in [4.69, 9.17) is 14.7 Å². The van der Waals surface area contributed by atoms with Crippen LogP contribution in [0.15, 0.2) is 0 Å². The molecule has 3 aliphatic heterocycles. The van der Waals surface area contributed by atoms with Crippen LogP contribution >= 0.6 is 0 Å². The van der Waals surface area contributed by atoms with Crippen LogP contribution in [-0.2, 0) is 27.3 Å². The number of fused-ring (bicyclic) bond motifs is 1. The number of nitrogens with one attached hydrogen (secondary N) is 1. The average molecular weight is 445 g/mol. The van der Waals surface area contributed by atoms with Gasteiger partial charge in [0.25, 0.3) is 0 Å². The molecular weight excluding hydrogens is 408 g/mol. The van der Waals surface area contributed by atoms with Crippen LogP contribution in [0.4, 0.5) is 5.82 Å². The topological polar surface area (TPSA) is 90.9 Å². The zero-order valence-corrected chi connectivity index (χ0v) is 19.6. The molecule has 1 aromatic heterocycles. The number of anilines is 1. The zero-order valence-electron chi connectivity index (χ0n) is 19.6. The Labute approximate surface area is 190 Å². The van der Waals surface area contributed by atoms with Gasteiger partial charge in [-0.2, -0.15) is 0 Å². The highest BCUT2D eigenvalue weighted by Gasteiger charge is 2.33. The van der Waals surface area contributed by atoms with E-state index in [1.165, 1.54) is 0 Å². The summed E-state index contributed by atoms with van der Waals surface area (Å²) in [4.78, 5) is 41.0. The summed E-state index contributed by atoms with van der Waals surface area (Å²) in [6, 6.07) is -0.0959. The van der Waals surface area contributed by atoms with Crippen molar-refractivity contribution in [1.29, 1.82) is 0 Å². The van der Waals surface area contributed by atoms with Crippen LogP contribution in [0.2, 0.25) is 0 Å². The largest absolute Gasteiger partial charge is 0.379 e. The van der Waals surface area contributed by atoms with Gasteiger partial charge >= 0.3 is 0 Å². The molecule has 1 N–H and O–H groups in total. The average Bonchev–Trinajstić information content (AvgIpc) is 2.84. The van der Waals surface area contributed by atoms with Gasteiger partial charge in [0.15, 0.2) is 0 Å². The van der Waals surface area contributed by atoms with Crippen molar-refractivity contribution in [2.45, 2.75) is 58.0 Å². The minimum absolute atomic E-state index is 0.0959. The van der Waals surface area contributed by atoms with Crippen molar-refractivity contribution in [3.63, 3.8) is 0 Å². The Morgan fingerprint density at radius 2 is 1.81 bits per heavy atom. The van der Waals surface area contributed by atoms with Crippen LogP contribution in [0, 0.1) is 0 Å². The Hall–Kier alpha value is -2.26. The summed E-state index contributed by atoms with van der Waals surface area (Å²) in [5.41, 5.74) is 2.09. The first-order valence-electron chi connectivity index (χ1n) is 11.9. The Bertz CT molecular complexity index is 833. The lowest BCUT2D eigenvalue weighted by Gasteiger charge is -2.38. The molecule has 3 aliphatic rings.